The van der Waals surface area contributed by atoms with Crippen LogP contribution in [0.2, 0.25) is 10.0 Å². The number of nitrogens with zero attached hydrogens (tertiary/aromatic N) is 3. The fraction of sp³-hybridized carbons (Fsp3) is 0.314. The third-order valence-electron chi connectivity index (χ3n) is 10.5. The van der Waals surface area contributed by atoms with E-state index in [1.807, 2.05) is 0 Å². The molecule has 3 fully saturated rings. The summed E-state index contributed by atoms with van der Waals surface area (Å²) in [6.45, 7) is 0. The quantitative estimate of drug-likeness (QED) is 0.238. The summed E-state index contributed by atoms with van der Waals surface area (Å²) in [4.78, 5) is 73.9. The van der Waals surface area contributed by atoms with Crippen molar-refractivity contribution < 1.29 is 51.7 Å². The largest absolute Gasteiger partial charge is 0.508 e. The molecule has 0 radical (unpaired) electrons. The van der Waals surface area contributed by atoms with E-state index in [1.165, 1.54) is 31.4 Å². The van der Waals surface area contributed by atoms with E-state index >= 15 is 4.79 Å². The van der Waals surface area contributed by atoms with Crippen LogP contribution >= 0.6 is 23.2 Å². The molecule has 0 spiro atoms. The number of alkyl halides is 3. The first-order valence-corrected chi connectivity index (χ1v) is 16.6. The first-order valence-electron chi connectivity index (χ1n) is 15.8. The van der Waals surface area contributed by atoms with E-state index in [-0.39, 0.29) is 29.9 Å². The van der Waals surface area contributed by atoms with E-state index < -0.39 is 87.3 Å². The molecule has 7 rings (SSSR count). The van der Waals surface area contributed by atoms with Crippen LogP contribution in [0, 0.1) is 23.7 Å². The van der Waals surface area contributed by atoms with Crippen LogP contribution in [-0.4, -0.2) is 63.9 Å². The molecule has 2 saturated heterocycles. The van der Waals surface area contributed by atoms with Gasteiger partial charge in [0, 0.05) is 28.8 Å². The number of pyridine rings is 1. The Balaban J connectivity index is 1.45. The van der Waals surface area contributed by atoms with Crippen LogP contribution in [-0.2, 0) is 35.5 Å². The predicted octanol–water partition coefficient (Wildman–Crippen LogP) is 5.87. The van der Waals surface area contributed by atoms with Crippen molar-refractivity contribution in [2.45, 2.75) is 30.4 Å². The minimum atomic E-state index is -4.78. The minimum Gasteiger partial charge on any atom is -0.508 e. The molecular weight excluding hydrogens is 732 g/mol. The number of carbonyl (C=O) groups is 5. The Hall–Kier alpha value is -5.15. The van der Waals surface area contributed by atoms with Crippen LogP contribution in [0.25, 0.3) is 0 Å². The normalized spacial score (nSPS) is 26.8. The molecular formula is C35H27Cl2F3N4O8. The summed E-state index contributed by atoms with van der Waals surface area (Å²) in [7, 11) is 2.42. The van der Waals surface area contributed by atoms with Gasteiger partial charge in [0.2, 0.25) is 11.8 Å². The van der Waals surface area contributed by atoms with Crippen LogP contribution in [0.15, 0.2) is 66.4 Å². The molecule has 2 aliphatic carbocycles. The van der Waals surface area contributed by atoms with Gasteiger partial charge in [0.25, 0.3) is 11.8 Å². The van der Waals surface area contributed by atoms with Crippen molar-refractivity contribution in [3.05, 3.63) is 93.1 Å². The topological polar surface area (TPSA) is 155 Å². The number of hydrazine groups is 1. The van der Waals surface area contributed by atoms with Crippen molar-refractivity contribution >= 4 is 58.7 Å². The maximum Gasteiger partial charge on any atom is 0.423 e. The summed E-state index contributed by atoms with van der Waals surface area (Å²) in [6, 6.07) is 11.1. The summed E-state index contributed by atoms with van der Waals surface area (Å²) in [5, 5.41) is 11.9. The number of phenolic OH excluding ortho intramolecular Hbond substituents is 1. The first kappa shape index (κ1) is 35.3. The van der Waals surface area contributed by atoms with Crippen LogP contribution in [0.4, 0.5) is 23.8 Å². The molecule has 0 bridgehead atoms. The molecule has 3 heterocycles. The number of phenols is 1. The number of rotatable bonds is 5. The highest BCUT2D eigenvalue weighted by molar-refractivity contribution is 6.33. The second-order valence-electron chi connectivity index (χ2n) is 12.8. The lowest BCUT2D eigenvalue weighted by molar-refractivity contribution is -0.140. The van der Waals surface area contributed by atoms with Gasteiger partial charge in [-0.05, 0) is 48.6 Å². The van der Waals surface area contributed by atoms with Gasteiger partial charge in [-0.15, -0.1) is 0 Å². The Labute approximate surface area is 303 Å². The fourth-order valence-corrected chi connectivity index (χ4v) is 8.63. The average molecular weight is 760 g/mol. The number of allylic oxidation sites excluding steroid dienone is 2. The fourth-order valence-electron chi connectivity index (χ4n) is 8.29. The number of hydrogen-bond donors (Lipinski definition) is 2. The molecule has 52 heavy (non-hydrogen) atoms. The van der Waals surface area contributed by atoms with Gasteiger partial charge in [0.15, 0.2) is 5.82 Å². The summed E-state index contributed by atoms with van der Waals surface area (Å²) in [5.41, 5.74) is 0.418. The third-order valence-corrected chi connectivity index (χ3v) is 11.0. The molecule has 1 saturated carbocycles. The number of aromatic hydroxyl groups is 1. The van der Waals surface area contributed by atoms with Crippen LogP contribution in [0.3, 0.4) is 0 Å². The summed E-state index contributed by atoms with van der Waals surface area (Å²) in [5.74, 6) is -9.29. The molecule has 270 valence electrons. The van der Waals surface area contributed by atoms with Crippen molar-refractivity contribution in [3.8, 4) is 11.5 Å². The summed E-state index contributed by atoms with van der Waals surface area (Å²) < 4.78 is 50.2. The number of ether oxygens (including phenoxy) is 2. The molecule has 4 aliphatic rings. The number of amides is 5. The Bertz CT molecular complexity index is 2090. The SMILES string of the molecule is COC(=O)N1C(=O)[C@H]2[C@H](CC=C3[C@H]2C[C@H]2C(=O)N(Nc4ncc(C(F)(F)F)cc4Cl)C(=O)[C@@]2(c2ccc(Cl)cc2)[C@H]3c2ccc(OC)cc2O)C1=O. The molecule has 2 aromatic carbocycles. The number of halogens is 5. The number of nitrogens with one attached hydrogen (secondary N) is 1. The number of anilines is 1. The summed E-state index contributed by atoms with van der Waals surface area (Å²) in [6.07, 6.45) is -3.95. The zero-order valence-electron chi connectivity index (χ0n) is 27.1. The minimum absolute atomic E-state index is 0.0153. The number of methoxy groups -OCH3 is 2. The molecule has 0 unspecified atom stereocenters. The van der Waals surface area contributed by atoms with Gasteiger partial charge < -0.3 is 14.6 Å². The number of imide groups is 4. The molecule has 2 aliphatic heterocycles. The lowest BCUT2D eigenvalue weighted by Crippen LogP contribution is -2.53. The van der Waals surface area contributed by atoms with E-state index in [1.54, 1.807) is 24.3 Å². The van der Waals surface area contributed by atoms with Crippen LogP contribution < -0.4 is 10.2 Å². The van der Waals surface area contributed by atoms with Crippen molar-refractivity contribution in [2.75, 3.05) is 19.6 Å². The highest BCUT2D eigenvalue weighted by Gasteiger charge is 2.71. The van der Waals surface area contributed by atoms with Crippen molar-refractivity contribution in [1.29, 1.82) is 0 Å². The summed E-state index contributed by atoms with van der Waals surface area (Å²) >= 11 is 12.5. The van der Waals surface area contributed by atoms with Gasteiger partial charge in [-0.1, -0.05) is 53.1 Å². The lowest BCUT2D eigenvalue weighted by atomic mass is 9.49. The number of benzene rings is 2. The Kier molecular flexibility index (Phi) is 8.49. The molecule has 17 heteroatoms. The van der Waals surface area contributed by atoms with E-state index in [9.17, 15) is 37.5 Å². The molecule has 12 nitrogen and oxygen atoms in total. The second-order valence-corrected chi connectivity index (χ2v) is 13.7. The first-order chi connectivity index (χ1) is 24.6. The van der Waals surface area contributed by atoms with E-state index in [4.69, 9.17) is 32.7 Å². The van der Waals surface area contributed by atoms with Crippen LogP contribution in [0.1, 0.15) is 35.4 Å². The Morgan fingerprint density at radius 3 is 2.33 bits per heavy atom. The monoisotopic (exact) mass is 758 g/mol. The van der Waals surface area contributed by atoms with Crippen molar-refractivity contribution in [1.82, 2.24) is 14.9 Å². The molecule has 5 amide bonds. The van der Waals surface area contributed by atoms with E-state index in [2.05, 4.69) is 10.4 Å². The molecule has 1 aromatic heterocycles. The number of fused-ring (bicyclic) bond motifs is 4. The van der Waals surface area contributed by atoms with Gasteiger partial charge in [-0.3, -0.25) is 24.6 Å². The zero-order valence-corrected chi connectivity index (χ0v) is 28.6. The van der Waals surface area contributed by atoms with Gasteiger partial charge in [0.1, 0.15) is 11.5 Å². The Morgan fingerprint density at radius 2 is 1.71 bits per heavy atom. The molecule has 6 atom stereocenters. The van der Waals surface area contributed by atoms with Gasteiger partial charge in [-0.2, -0.15) is 23.1 Å². The van der Waals surface area contributed by atoms with Gasteiger partial charge in [0.05, 0.1) is 48.0 Å². The van der Waals surface area contributed by atoms with E-state index in [0.717, 1.165) is 7.11 Å². The molecule has 3 aromatic rings. The number of carbonyl (C=O) groups excluding carboxylic acids is 5. The van der Waals surface area contributed by atoms with Crippen molar-refractivity contribution in [2.24, 2.45) is 23.7 Å². The predicted molar refractivity (Wildman–Crippen MR) is 176 cm³/mol. The maximum atomic E-state index is 15.2. The van der Waals surface area contributed by atoms with Crippen molar-refractivity contribution in [3.63, 3.8) is 0 Å². The number of hydrogen-bond acceptors (Lipinski definition) is 10. The third kappa shape index (κ3) is 5.11. The second kappa shape index (κ2) is 12.5. The van der Waals surface area contributed by atoms with Gasteiger partial charge in [-0.25, -0.2) is 9.78 Å². The smallest absolute Gasteiger partial charge is 0.423 e. The highest BCUT2D eigenvalue weighted by atomic mass is 35.5. The molecule has 2 N–H and O–H groups in total. The highest BCUT2D eigenvalue weighted by Crippen LogP contribution is 2.65. The maximum absolute atomic E-state index is 15.2. The number of aromatic nitrogens is 1. The van der Waals surface area contributed by atoms with E-state index in [0.29, 0.717) is 38.3 Å². The lowest BCUT2D eigenvalue weighted by Gasteiger charge is -2.50. The standard InChI is InChI=1S/C35H27Cl2F3N4O8/c1-51-18-7-8-20(25(45)12-18)27-19-9-10-21-26(31(48)43(29(21)46)33(50)52-2)22(19)13-23-30(47)44(32(49)34(23,27)15-3-5-17(36)6-4-15)42-28-24(37)11-16(14-41-28)35(38,39)40/h3-9,11-12,14,21-23,26-27,45H,10,13H2,1-2H3,(H,41,42)/t21-,22+,23-,26-,27+,34+/m0/s1. The Morgan fingerprint density at radius 1 is 1.00 bits per heavy atom. The number of likely N-dealkylation sites (tertiary alicyclic amines) is 1. The van der Waals surface area contributed by atoms with Crippen LogP contribution in [0.5, 0.6) is 11.5 Å². The van der Waals surface area contributed by atoms with Gasteiger partial charge >= 0.3 is 12.3 Å². The average Bonchev–Trinajstić information content (AvgIpc) is 3.49. The zero-order chi connectivity index (χ0) is 37.4.